The van der Waals surface area contributed by atoms with E-state index in [0.717, 1.165) is 30.4 Å². The van der Waals surface area contributed by atoms with Gasteiger partial charge in [0, 0.05) is 13.0 Å². The Balaban J connectivity index is 1.66. The predicted octanol–water partition coefficient (Wildman–Crippen LogP) is 0.725. The molecule has 0 saturated heterocycles. The van der Waals surface area contributed by atoms with Gasteiger partial charge in [-0.3, -0.25) is 9.48 Å². The van der Waals surface area contributed by atoms with Crippen molar-refractivity contribution in [3.8, 4) is 0 Å². The Morgan fingerprint density at radius 2 is 2.44 bits per heavy atom. The normalized spacial score (nSPS) is 14.7. The lowest BCUT2D eigenvalue weighted by molar-refractivity contribution is -0.115. The number of anilines is 1. The molecular weight excluding hydrogens is 252 g/mol. The van der Waals surface area contributed by atoms with Crippen molar-refractivity contribution < 1.29 is 4.79 Å². The summed E-state index contributed by atoms with van der Waals surface area (Å²) >= 11 is 1.06. The van der Waals surface area contributed by atoms with Crippen LogP contribution < -0.4 is 5.32 Å². The molecule has 1 aliphatic carbocycles. The molecule has 1 amide bonds. The van der Waals surface area contributed by atoms with E-state index in [4.69, 9.17) is 0 Å². The Bertz CT molecular complexity index is 559. The zero-order valence-electron chi connectivity index (χ0n) is 9.83. The summed E-state index contributed by atoms with van der Waals surface area (Å²) < 4.78 is 9.41. The molecule has 2 heterocycles. The van der Waals surface area contributed by atoms with Crippen LogP contribution in [0.5, 0.6) is 0 Å². The highest BCUT2D eigenvalue weighted by Gasteiger charge is 2.28. The third-order valence-electron chi connectivity index (χ3n) is 2.76. The van der Waals surface area contributed by atoms with Gasteiger partial charge in [0.1, 0.15) is 5.82 Å². The molecular formula is C10H12N6OS. The first-order valence-corrected chi connectivity index (χ1v) is 6.42. The van der Waals surface area contributed by atoms with Gasteiger partial charge in [0.05, 0.1) is 24.3 Å². The lowest BCUT2D eigenvalue weighted by Gasteiger charge is -2.00. The molecule has 1 N–H and O–H groups in total. The number of carbonyl (C=O) groups is 1. The first-order chi connectivity index (χ1) is 8.72. The van der Waals surface area contributed by atoms with E-state index in [0.29, 0.717) is 17.6 Å². The zero-order chi connectivity index (χ0) is 12.5. The number of carbonyl (C=O) groups excluding carboxylic acids is 1. The maximum Gasteiger partial charge on any atom is 0.233 e. The molecule has 1 aliphatic rings. The molecule has 0 spiro atoms. The van der Waals surface area contributed by atoms with Crippen molar-refractivity contribution in [1.82, 2.24) is 23.5 Å². The Kier molecular flexibility index (Phi) is 2.78. The quantitative estimate of drug-likeness (QED) is 0.879. The Hall–Kier alpha value is -1.83. The minimum atomic E-state index is -0.152. The first-order valence-electron chi connectivity index (χ1n) is 5.69. The van der Waals surface area contributed by atoms with Crippen LogP contribution in [0.2, 0.25) is 0 Å². The number of rotatable bonds is 4. The summed E-state index contributed by atoms with van der Waals surface area (Å²) in [5.74, 6) is 2.36. The maximum atomic E-state index is 11.8. The second-order valence-electron chi connectivity index (χ2n) is 4.30. The van der Waals surface area contributed by atoms with Gasteiger partial charge in [-0.05, 0) is 12.8 Å². The average Bonchev–Trinajstić information content (AvgIpc) is 2.95. The standard InChI is InChI=1S/C10H12N6OS/c1-16-8(13-10(14-16)6-2-3-6)4-9(17)12-7-5-11-18-15-7/h5-6H,2-4H2,1H3,(H,12,15,17). The zero-order valence-corrected chi connectivity index (χ0v) is 10.6. The molecule has 0 unspecified atom stereocenters. The summed E-state index contributed by atoms with van der Waals surface area (Å²) in [7, 11) is 1.81. The Morgan fingerprint density at radius 1 is 1.61 bits per heavy atom. The molecule has 1 saturated carbocycles. The minimum absolute atomic E-state index is 0.152. The molecule has 0 bridgehead atoms. The molecule has 0 atom stereocenters. The number of amides is 1. The largest absolute Gasteiger partial charge is 0.308 e. The molecule has 2 aromatic heterocycles. The monoisotopic (exact) mass is 264 g/mol. The first kappa shape index (κ1) is 11.3. The summed E-state index contributed by atoms with van der Waals surface area (Å²) in [5, 5.41) is 6.99. The molecule has 0 aromatic carbocycles. The molecule has 3 rings (SSSR count). The van der Waals surface area contributed by atoms with Gasteiger partial charge < -0.3 is 5.32 Å². The summed E-state index contributed by atoms with van der Waals surface area (Å²) in [6.45, 7) is 0. The van der Waals surface area contributed by atoms with Gasteiger partial charge in [0.25, 0.3) is 0 Å². The van der Waals surface area contributed by atoms with E-state index in [1.165, 1.54) is 6.20 Å². The molecule has 0 aliphatic heterocycles. The maximum absolute atomic E-state index is 11.8. The van der Waals surface area contributed by atoms with Crippen LogP contribution in [0.3, 0.4) is 0 Å². The van der Waals surface area contributed by atoms with Crippen molar-refractivity contribution in [3.05, 3.63) is 17.8 Å². The lowest BCUT2D eigenvalue weighted by Crippen LogP contribution is -2.17. The highest BCUT2D eigenvalue weighted by Crippen LogP contribution is 2.37. The summed E-state index contributed by atoms with van der Waals surface area (Å²) in [6.07, 6.45) is 4.03. The number of nitrogens with one attached hydrogen (secondary N) is 1. The van der Waals surface area contributed by atoms with Crippen LogP contribution in [0.25, 0.3) is 0 Å². The van der Waals surface area contributed by atoms with Crippen LogP contribution in [-0.2, 0) is 18.3 Å². The fraction of sp³-hybridized carbons (Fsp3) is 0.500. The second kappa shape index (κ2) is 4.45. The lowest BCUT2D eigenvalue weighted by atomic mass is 10.3. The highest BCUT2D eigenvalue weighted by atomic mass is 32.1. The van der Waals surface area contributed by atoms with Crippen molar-refractivity contribution >= 4 is 23.5 Å². The molecule has 8 heteroatoms. The van der Waals surface area contributed by atoms with Crippen molar-refractivity contribution in [2.45, 2.75) is 25.2 Å². The van der Waals surface area contributed by atoms with E-state index in [1.54, 1.807) is 4.68 Å². The van der Waals surface area contributed by atoms with Gasteiger partial charge in [-0.1, -0.05) is 0 Å². The number of aromatic nitrogens is 5. The summed E-state index contributed by atoms with van der Waals surface area (Å²) in [6, 6.07) is 0. The van der Waals surface area contributed by atoms with Crippen molar-refractivity contribution in [1.29, 1.82) is 0 Å². The third kappa shape index (κ3) is 2.37. The van der Waals surface area contributed by atoms with Crippen LogP contribution >= 0.6 is 11.7 Å². The van der Waals surface area contributed by atoms with Crippen molar-refractivity contribution in [2.75, 3.05) is 5.32 Å². The van der Waals surface area contributed by atoms with Crippen molar-refractivity contribution in [2.24, 2.45) is 7.05 Å². The smallest absolute Gasteiger partial charge is 0.233 e. The van der Waals surface area contributed by atoms with E-state index >= 15 is 0 Å². The molecule has 7 nitrogen and oxygen atoms in total. The second-order valence-corrected chi connectivity index (χ2v) is 4.86. The van der Waals surface area contributed by atoms with Crippen LogP contribution in [0.4, 0.5) is 5.82 Å². The predicted molar refractivity (Wildman–Crippen MR) is 65.2 cm³/mol. The summed E-state index contributed by atoms with van der Waals surface area (Å²) in [5.41, 5.74) is 0. The van der Waals surface area contributed by atoms with Gasteiger partial charge in [-0.2, -0.15) is 13.8 Å². The van der Waals surface area contributed by atoms with Gasteiger partial charge in [-0.15, -0.1) is 0 Å². The number of hydrogen-bond acceptors (Lipinski definition) is 6. The van der Waals surface area contributed by atoms with E-state index in [2.05, 4.69) is 24.1 Å². The number of nitrogens with zero attached hydrogens (tertiary/aromatic N) is 5. The fourth-order valence-corrected chi connectivity index (χ4v) is 2.03. The van der Waals surface area contributed by atoms with Crippen LogP contribution in [0, 0.1) is 0 Å². The molecule has 18 heavy (non-hydrogen) atoms. The van der Waals surface area contributed by atoms with E-state index in [-0.39, 0.29) is 12.3 Å². The fourth-order valence-electron chi connectivity index (χ4n) is 1.66. The minimum Gasteiger partial charge on any atom is -0.308 e. The molecule has 1 fully saturated rings. The molecule has 2 aromatic rings. The third-order valence-corrected chi connectivity index (χ3v) is 3.24. The Labute approximate surface area is 108 Å². The Morgan fingerprint density at radius 3 is 3.11 bits per heavy atom. The van der Waals surface area contributed by atoms with Crippen LogP contribution in [0.15, 0.2) is 6.20 Å². The number of aryl methyl sites for hydroxylation is 1. The van der Waals surface area contributed by atoms with Crippen LogP contribution in [-0.4, -0.2) is 29.4 Å². The summed E-state index contributed by atoms with van der Waals surface area (Å²) in [4.78, 5) is 16.2. The van der Waals surface area contributed by atoms with Gasteiger partial charge in [0.2, 0.25) is 5.91 Å². The van der Waals surface area contributed by atoms with Gasteiger partial charge in [0.15, 0.2) is 11.6 Å². The number of hydrogen-bond donors (Lipinski definition) is 1. The van der Waals surface area contributed by atoms with Crippen molar-refractivity contribution in [3.63, 3.8) is 0 Å². The molecule has 0 radical (unpaired) electrons. The topological polar surface area (TPSA) is 85.6 Å². The highest BCUT2D eigenvalue weighted by molar-refractivity contribution is 6.99. The van der Waals surface area contributed by atoms with Crippen LogP contribution in [0.1, 0.15) is 30.4 Å². The van der Waals surface area contributed by atoms with E-state index < -0.39 is 0 Å². The SMILES string of the molecule is Cn1nc(C2CC2)nc1CC(=O)Nc1cnsn1. The van der Waals surface area contributed by atoms with E-state index in [1.807, 2.05) is 7.05 Å². The molecule has 94 valence electrons. The van der Waals surface area contributed by atoms with Gasteiger partial charge in [-0.25, -0.2) is 4.98 Å². The van der Waals surface area contributed by atoms with Gasteiger partial charge >= 0.3 is 0 Å². The average molecular weight is 264 g/mol. The van der Waals surface area contributed by atoms with E-state index in [9.17, 15) is 4.79 Å².